The van der Waals surface area contributed by atoms with Crippen molar-refractivity contribution in [2.45, 2.75) is 39.5 Å². The van der Waals surface area contributed by atoms with E-state index in [0.29, 0.717) is 5.92 Å². The SMILES string of the molecule is CC1CNCC(C(=O)Nc2ccc(C(C)(C)C)cc2)C1. The zero-order valence-corrected chi connectivity index (χ0v) is 13.0. The van der Waals surface area contributed by atoms with E-state index in [1.807, 2.05) is 12.1 Å². The van der Waals surface area contributed by atoms with Gasteiger partial charge in [0.2, 0.25) is 5.91 Å². The van der Waals surface area contributed by atoms with E-state index >= 15 is 0 Å². The van der Waals surface area contributed by atoms with Crippen molar-refractivity contribution >= 4 is 11.6 Å². The number of hydrogen-bond donors (Lipinski definition) is 2. The van der Waals surface area contributed by atoms with E-state index in [1.54, 1.807) is 0 Å². The first kappa shape index (κ1) is 15.0. The molecule has 0 bridgehead atoms. The number of amides is 1. The second-order valence-electron chi connectivity index (χ2n) is 7.01. The third-order valence-corrected chi connectivity index (χ3v) is 3.96. The summed E-state index contributed by atoms with van der Waals surface area (Å²) in [7, 11) is 0. The molecule has 0 aromatic heterocycles. The maximum atomic E-state index is 12.2. The van der Waals surface area contributed by atoms with Gasteiger partial charge in [0.25, 0.3) is 0 Å². The van der Waals surface area contributed by atoms with Crippen molar-refractivity contribution in [2.24, 2.45) is 11.8 Å². The minimum Gasteiger partial charge on any atom is -0.326 e. The summed E-state index contributed by atoms with van der Waals surface area (Å²) >= 11 is 0. The summed E-state index contributed by atoms with van der Waals surface area (Å²) in [5.41, 5.74) is 2.32. The number of carbonyl (C=O) groups excluding carboxylic acids is 1. The standard InChI is InChI=1S/C17H26N2O/c1-12-9-13(11-18-10-12)16(20)19-15-7-5-14(6-8-15)17(2,3)4/h5-8,12-13,18H,9-11H2,1-4H3,(H,19,20). The van der Waals surface area contributed by atoms with Crippen LogP contribution in [0.5, 0.6) is 0 Å². The van der Waals surface area contributed by atoms with E-state index in [4.69, 9.17) is 0 Å². The van der Waals surface area contributed by atoms with Gasteiger partial charge in [-0.05, 0) is 42.0 Å². The Morgan fingerprint density at radius 3 is 2.40 bits per heavy atom. The van der Waals surface area contributed by atoms with Crippen LogP contribution < -0.4 is 10.6 Å². The largest absolute Gasteiger partial charge is 0.326 e. The molecule has 3 heteroatoms. The lowest BCUT2D eigenvalue weighted by Crippen LogP contribution is -2.40. The minimum absolute atomic E-state index is 0.0843. The summed E-state index contributed by atoms with van der Waals surface area (Å²) < 4.78 is 0. The summed E-state index contributed by atoms with van der Waals surface area (Å²) in [6.45, 7) is 10.6. The predicted molar refractivity (Wildman–Crippen MR) is 83.9 cm³/mol. The van der Waals surface area contributed by atoms with Gasteiger partial charge >= 0.3 is 0 Å². The van der Waals surface area contributed by atoms with Crippen molar-refractivity contribution < 1.29 is 4.79 Å². The lowest BCUT2D eigenvalue weighted by atomic mass is 9.87. The molecule has 0 aliphatic carbocycles. The molecule has 2 N–H and O–H groups in total. The number of carbonyl (C=O) groups is 1. The van der Waals surface area contributed by atoms with Gasteiger partial charge in [-0.1, -0.05) is 39.8 Å². The monoisotopic (exact) mass is 274 g/mol. The zero-order valence-electron chi connectivity index (χ0n) is 13.0. The third-order valence-electron chi connectivity index (χ3n) is 3.96. The van der Waals surface area contributed by atoms with Crippen LogP contribution in [0.3, 0.4) is 0 Å². The molecule has 2 rings (SSSR count). The Balaban J connectivity index is 1.97. The normalized spacial score (nSPS) is 23.4. The molecule has 1 saturated heterocycles. The van der Waals surface area contributed by atoms with Gasteiger partial charge in [0, 0.05) is 12.2 Å². The van der Waals surface area contributed by atoms with Crippen molar-refractivity contribution in [3.05, 3.63) is 29.8 Å². The number of nitrogens with one attached hydrogen (secondary N) is 2. The van der Waals surface area contributed by atoms with Crippen molar-refractivity contribution in [1.82, 2.24) is 5.32 Å². The Bertz CT molecular complexity index is 459. The van der Waals surface area contributed by atoms with Crippen LogP contribution in [0.1, 0.15) is 39.7 Å². The fraction of sp³-hybridized carbons (Fsp3) is 0.588. The number of benzene rings is 1. The van der Waals surface area contributed by atoms with Crippen LogP contribution in [0.25, 0.3) is 0 Å². The highest BCUT2D eigenvalue weighted by Crippen LogP contribution is 2.24. The number of rotatable bonds is 2. The van der Waals surface area contributed by atoms with Gasteiger partial charge in [-0.2, -0.15) is 0 Å². The van der Waals surface area contributed by atoms with E-state index < -0.39 is 0 Å². The highest BCUT2D eigenvalue weighted by molar-refractivity contribution is 5.92. The average Bonchev–Trinajstić information content (AvgIpc) is 2.38. The summed E-state index contributed by atoms with van der Waals surface area (Å²) in [4.78, 5) is 12.2. The zero-order chi connectivity index (χ0) is 14.8. The molecule has 110 valence electrons. The molecule has 0 radical (unpaired) electrons. The first-order chi connectivity index (χ1) is 9.36. The van der Waals surface area contributed by atoms with Crippen LogP contribution in [0.4, 0.5) is 5.69 Å². The van der Waals surface area contributed by atoms with Crippen molar-refractivity contribution in [2.75, 3.05) is 18.4 Å². The second kappa shape index (κ2) is 5.96. The lowest BCUT2D eigenvalue weighted by Gasteiger charge is -2.27. The smallest absolute Gasteiger partial charge is 0.228 e. The average molecular weight is 274 g/mol. The van der Waals surface area contributed by atoms with Crippen molar-refractivity contribution in [3.8, 4) is 0 Å². The van der Waals surface area contributed by atoms with Gasteiger partial charge in [0.15, 0.2) is 0 Å². The van der Waals surface area contributed by atoms with Crippen LogP contribution >= 0.6 is 0 Å². The first-order valence-electron chi connectivity index (χ1n) is 7.48. The Kier molecular flexibility index (Phi) is 4.48. The van der Waals surface area contributed by atoms with Gasteiger partial charge in [0.1, 0.15) is 0 Å². The molecule has 1 aromatic carbocycles. The Hall–Kier alpha value is -1.35. The van der Waals surface area contributed by atoms with Crippen molar-refractivity contribution in [3.63, 3.8) is 0 Å². The van der Waals surface area contributed by atoms with E-state index in [2.05, 4.69) is 50.5 Å². The molecular formula is C17H26N2O. The highest BCUT2D eigenvalue weighted by Gasteiger charge is 2.24. The molecule has 1 heterocycles. The van der Waals surface area contributed by atoms with Crippen LogP contribution in [0.2, 0.25) is 0 Å². The molecule has 2 atom stereocenters. The molecule has 0 saturated carbocycles. The molecule has 0 spiro atoms. The molecule has 1 fully saturated rings. The van der Waals surface area contributed by atoms with E-state index in [1.165, 1.54) is 5.56 Å². The quantitative estimate of drug-likeness (QED) is 0.869. The summed E-state index contributed by atoms with van der Waals surface area (Å²) in [6, 6.07) is 8.19. The molecular weight excluding hydrogens is 248 g/mol. The van der Waals surface area contributed by atoms with Crippen LogP contribution in [-0.4, -0.2) is 19.0 Å². The van der Waals surface area contributed by atoms with Gasteiger partial charge < -0.3 is 10.6 Å². The topological polar surface area (TPSA) is 41.1 Å². The second-order valence-corrected chi connectivity index (χ2v) is 7.01. The van der Waals surface area contributed by atoms with E-state index in [9.17, 15) is 4.79 Å². The van der Waals surface area contributed by atoms with Gasteiger partial charge in [-0.25, -0.2) is 0 Å². The van der Waals surface area contributed by atoms with Gasteiger partial charge in [-0.3, -0.25) is 4.79 Å². The molecule has 3 nitrogen and oxygen atoms in total. The summed E-state index contributed by atoms with van der Waals surface area (Å²) in [6.07, 6.45) is 0.971. The summed E-state index contributed by atoms with van der Waals surface area (Å²) in [5.74, 6) is 0.788. The molecule has 1 aliphatic heterocycles. The Morgan fingerprint density at radius 2 is 1.85 bits per heavy atom. The van der Waals surface area contributed by atoms with Crippen LogP contribution in [-0.2, 0) is 10.2 Å². The van der Waals surface area contributed by atoms with Gasteiger partial charge in [-0.15, -0.1) is 0 Å². The maximum Gasteiger partial charge on any atom is 0.228 e. The van der Waals surface area contributed by atoms with Crippen molar-refractivity contribution in [1.29, 1.82) is 0 Å². The highest BCUT2D eigenvalue weighted by atomic mass is 16.1. The third kappa shape index (κ3) is 3.83. The number of anilines is 1. The summed E-state index contributed by atoms with van der Waals surface area (Å²) in [5, 5.41) is 6.35. The fourth-order valence-corrected chi connectivity index (χ4v) is 2.65. The van der Waals surface area contributed by atoms with Gasteiger partial charge in [0.05, 0.1) is 5.92 Å². The lowest BCUT2D eigenvalue weighted by molar-refractivity contribution is -0.120. The maximum absolute atomic E-state index is 12.2. The molecule has 20 heavy (non-hydrogen) atoms. The molecule has 2 unspecified atom stereocenters. The Labute approximate surface area is 122 Å². The van der Waals surface area contributed by atoms with Crippen LogP contribution in [0, 0.1) is 11.8 Å². The minimum atomic E-state index is 0.0843. The molecule has 1 aliphatic rings. The number of hydrogen-bond acceptors (Lipinski definition) is 2. The molecule has 1 amide bonds. The van der Waals surface area contributed by atoms with E-state index in [-0.39, 0.29) is 17.2 Å². The Morgan fingerprint density at radius 1 is 1.20 bits per heavy atom. The molecule has 1 aromatic rings. The predicted octanol–water partition coefficient (Wildman–Crippen LogP) is 3.17. The van der Waals surface area contributed by atoms with E-state index in [0.717, 1.165) is 25.2 Å². The number of piperidine rings is 1. The fourth-order valence-electron chi connectivity index (χ4n) is 2.65. The van der Waals surface area contributed by atoms with Crippen LogP contribution in [0.15, 0.2) is 24.3 Å². The first-order valence-corrected chi connectivity index (χ1v) is 7.48.